The molecule has 1 aliphatic rings. The summed E-state index contributed by atoms with van der Waals surface area (Å²) >= 11 is 12.4. The standard InChI is InChI=1S/C18H21Cl2N3O3/c1-2-22(10-15(24)25)12-5-7-23(8-6-12)18(26)17-16(20)13-9-11(19)3-4-14(13)21-17/h3-4,9,12,21H,2,5-8,10H2,1H3,(H,24,25). The first-order chi connectivity index (χ1) is 12.4. The third-order valence-corrected chi connectivity index (χ3v) is 5.55. The summed E-state index contributed by atoms with van der Waals surface area (Å²) in [6, 6.07) is 5.47. The van der Waals surface area contributed by atoms with Crippen molar-refractivity contribution in [1.82, 2.24) is 14.8 Å². The van der Waals surface area contributed by atoms with Gasteiger partial charge in [0.1, 0.15) is 5.69 Å². The van der Waals surface area contributed by atoms with Crippen LogP contribution in [0.3, 0.4) is 0 Å². The van der Waals surface area contributed by atoms with E-state index in [9.17, 15) is 9.59 Å². The summed E-state index contributed by atoms with van der Waals surface area (Å²) in [7, 11) is 0. The monoisotopic (exact) mass is 397 g/mol. The number of hydrogen-bond acceptors (Lipinski definition) is 3. The van der Waals surface area contributed by atoms with E-state index in [0.717, 1.165) is 23.7 Å². The number of halogens is 2. The number of hydrogen-bond donors (Lipinski definition) is 2. The number of carboxylic acid groups (broad SMARTS) is 1. The van der Waals surface area contributed by atoms with Crippen LogP contribution in [-0.4, -0.2) is 64.0 Å². The van der Waals surface area contributed by atoms with Gasteiger partial charge in [0.15, 0.2) is 0 Å². The lowest BCUT2D eigenvalue weighted by molar-refractivity contribution is -0.139. The van der Waals surface area contributed by atoms with Gasteiger partial charge in [-0.1, -0.05) is 30.1 Å². The second-order valence-corrected chi connectivity index (χ2v) is 7.30. The summed E-state index contributed by atoms with van der Waals surface area (Å²) < 4.78 is 0. The molecular weight excluding hydrogens is 377 g/mol. The molecular formula is C18H21Cl2N3O3. The van der Waals surface area contributed by atoms with Gasteiger partial charge < -0.3 is 15.0 Å². The molecule has 2 N–H and O–H groups in total. The summed E-state index contributed by atoms with van der Waals surface area (Å²) in [4.78, 5) is 30.7. The first-order valence-electron chi connectivity index (χ1n) is 8.62. The summed E-state index contributed by atoms with van der Waals surface area (Å²) in [6.07, 6.45) is 1.49. The number of likely N-dealkylation sites (tertiary alicyclic amines) is 1. The van der Waals surface area contributed by atoms with E-state index < -0.39 is 5.97 Å². The number of aromatic amines is 1. The third kappa shape index (κ3) is 3.82. The van der Waals surface area contributed by atoms with Crippen LogP contribution in [-0.2, 0) is 4.79 Å². The molecule has 1 amide bonds. The fourth-order valence-corrected chi connectivity index (χ4v) is 4.00. The summed E-state index contributed by atoms with van der Waals surface area (Å²) in [5, 5.41) is 10.7. The molecule has 6 nitrogen and oxygen atoms in total. The molecule has 2 aromatic rings. The zero-order valence-electron chi connectivity index (χ0n) is 14.5. The number of aromatic nitrogens is 1. The van der Waals surface area contributed by atoms with Crippen LogP contribution < -0.4 is 0 Å². The first kappa shape index (κ1) is 19.0. The smallest absolute Gasteiger partial charge is 0.317 e. The Bertz CT molecular complexity index is 828. The van der Waals surface area contributed by atoms with Gasteiger partial charge in [-0.25, -0.2) is 0 Å². The van der Waals surface area contributed by atoms with Gasteiger partial charge in [-0.05, 0) is 37.6 Å². The molecule has 1 aliphatic heterocycles. The Kier molecular flexibility index (Phi) is 5.75. The van der Waals surface area contributed by atoms with E-state index in [0.29, 0.717) is 35.4 Å². The number of nitrogens with one attached hydrogen (secondary N) is 1. The summed E-state index contributed by atoms with van der Waals surface area (Å²) in [6.45, 7) is 3.82. The van der Waals surface area contributed by atoms with Crippen LogP contribution in [0.2, 0.25) is 10.0 Å². The molecule has 140 valence electrons. The van der Waals surface area contributed by atoms with Gasteiger partial charge in [0.2, 0.25) is 0 Å². The molecule has 0 spiro atoms. The lowest BCUT2D eigenvalue weighted by atomic mass is 10.0. The average Bonchev–Trinajstić information content (AvgIpc) is 2.95. The van der Waals surface area contributed by atoms with Gasteiger partial charge in [0.25, 0.3) is 5.91 Å². The van der Waals surface area contributed by atoms with Crippen molar-refractivity contribution in [1.29, 1.82) is 0 Å². The Morgan fingerprint density at radius 1 is 1.31 bits per heavy atom. The minimum absolute atomic E-state index is 0.0315. The minimum Gasteiger partial charge on any atom is -0.480 e. The van der Waals surface area contributed by atoms with Gasteiger partial charge in [0, 0.05) is 35.1 Å². The normalized spacial score (nSPS) is 15.8. The number of likely N-dealkylation sites (N-methyl/N-ethyl adjacent to an activating group) is 1. The van der Waals surface area contributed by atoms with E-state index in [1.165, 1.54) is 0 Å². The number of amides is 1. The highest BCUT2D eigenvalue weighted by atomic mass is 35.5. The number of piperidine rings is 1. The van der Waals surface area contributed by atoms with Crippen LogP contribution in [0.4, 0.5) is 0 Å². The van der Waals surface area contributed by atoms with Crippen LogP contribution >= 0.6 is 23.2 Å². The topological polar surface area (TPSA) is 76.6 Å². The summed E-state index contributed by atoms with van der Waals surface area (Å²) in [5.74, 6) is -0.962. The highest BCUT2D eigenvalue weighted by molar-refractivity contribution is 6.39. The van der Waals surface area contributed by atoms with Crippen LogP contribution in [0, 0.1) is 0 Å². The molecule has 1 aromatic heterocycles. The van der Waals surface area contributed by atoms with Crippen molar-refractivity contribution in [2.24, 2.45) is 0 Å². The molecule has 1 aromatic carbocycles. The maximum absolute atomic E-state index is 12.9. The lowest BCUT2D eigenvalue weighted by Crippen LogP contribution is -2.48. The van der Waals surface area contributed by atoms with Crippen molar-refractivity contribution in [2.75, 3.05) is 26.2 Å². The van der Waals surface area contributed by atoms with Gasteiger partial charge >= 0.3 is 5.97 Å². The minimum atomic E-state index is -0.825. The van der Waals surface area contributed by atoms with E-state index in [2.05, 4.69) is 4.98 Å². The number of aliphatic carboxylic acids is 1. The van der Waals surface area contributed by atoms with Gasteiger partial charge in [-0.3, -0.25) is 14.5 Å². The number of rotatable bonds is 5. The second kappa shape index (κ2) is 7.86. The van der Waals surface area contributed by atoms with Crippen molar-refractivity contribution >= 4 is 46.0 Å². The van der Waals surface area contributed by atoms with Crippen molar-refractivity contribution in [3.8, 4) is 0 Å². The number of carboxylic acids is 1. The molecule has 0 aliphatic carbocycles. The van der Waals surface area contributed by atoms with Gasteiger partial charge in [-0.15, -0.1) is 0 Å². The number of H-pyrrole nitrogens is 1. The molecule has 0 bridgehead atoms. The zero-order chi connectivity index (χ0) is 18.8. The Hall–Kier alpha value is -1.76. The molecule has 1 fully saturated rings. The maximum Gasteiger partial charge on any atom is 0.317 e. The molecule has 0 radical (unpaired) electrons. The number of nitrogens with zero attached hydrogens (tertiary/aromatic N) is 2. The van der Waals surface area contributed by atoms with Crippen LogP contribution in [0.15, 0.2) is 18.2 Å². The van der Waals surface area contributed by atoms with E-state index in [-0.39, 0.29) is 18.5 Å². The predicted octanol–water partition coefficient (Wildman–Crippen LogP) is 3.49. The number of carbonyl (C=O) groups is 2. The number of benzene rings is 1. The van der Waals surface area contributed by atoms with Crippen molar-refractivity contribution in [2.45, 2.75) is 25.8 Å². The SMILES string of the molecule is CCN(CC(=O)O)C1CCN(C(=O)c2[nH]c3ccc(Cl)cc3c2Cl)CC1. The number of fused-ring (bicyclic) bond motifs is 1. The largest absolute Gasteiger partial charge is 0.480 e. The van der Waals surface area contributed by atoms with Crippen LogP contribution in [0.1, 0.15) is 30.3 Å². The fraction of sp³-hybridized carbons (Fsp3) is 0.444. The first-order valence-corrected chi connectivity index (χ1v) is 9.38. The Morgan fingerprint density at radius 2 is 2.00 bits per heavy atom. The molecule has 1 saturated heterocycles. The second-order valence-electron chi connectivity index (χ2n) is 6.48. The molecule has 2 heterocycles. The predicted molar refractivity (Wildman–Crippen MR) is 102 cm³/mol. The van der Waals surface area contributed by atoms with Crippen molar-refractivity contribution in [3.63, 3.8) is 0 Å². The molecule has 8 heteroatoms. The van der Waals surface area contributed by atoms with Crippen molar-refractivity contribution < 1.29 is 14.7 Å². The molecule has 0 unspecified atom stereocenters. The van der Waals surface area contributed by atoms with Gasteiger partial charge in [0.05, 0.1) is 11.6 Å². The average molecular weight is 398 g/mol. The Labute approximate surface area is 161 Å². The van der Waals surface area contributed by atoms with Crippen molar-refractivity contribution in [3.05, 3.63) is 33.9 Å². The van der Waals surface area contributed by atoms with E-state index >= 15 is 0 Å². The number of carbonyl (C=O) groups excluding carboxylic acids is 1. The Morgan fingerprint density at radius 3 is 2.62 bits per heavy atom. The fourth-order valence-electron chi connectivity index (χ4n) is 3.54. The van der Waals surface area contributed by atoms with E-state index in [1.54, 1.807) is 23.1 Å². The lowest BCUT2D eigenvalue weighted by Gasteiger charge is -2.37. The third-order valence-electron chi connectivity index (χ3n) is 4.92. The molecule has 0 saturated carbocycles. The van der Waals surface area contributed by atoms with E-state index in [1.807, 2.05) is 11.8 Å². The quantitative estimate of drug-likeness (QED) is 0.809. The zero-order valence-corrected chi connectivity index (χ0v) is 16.0. The highest BCUT2D eigenvalue weighted by Gasteiger charge is 2.29. The van der Waals surface area contributed by atoms with Crippen LogP contribution in [0.25, 0.3) is 10.9 Å². The molecule has 26 heavy (non-hydrogen) atoms. The highest BCUT2D eigenvalue weighted by Crippen LogP contribution is 2.31. The van der Waals surface area contributed by atoms with Crippen LogP contribution in [0.5, 0.6) is 0 Å². The van der Waals surface area contributed by atoms with E-state index in [4.69, 9.17) is 28.3 Å². The molecule has 0 atom stereocenters. The van der Waals surface area contributed by atoms with Gasteiger partial charge in [-0.2, -0.15) is 0 Å². The summed E-state index contributed by atoms with van der Waals surface area (Å²) in [5.41, 5.74) is 1.15. The Balaban J connectivity index is 1.71. The molecule has 3 rings (SSSR count). The maximum atomic E-state index is 12.9.